The molecule has 0 bridgehead atoms. The van der Waals surface area contributed by atoms with Crippen LogP contribution in [0, 0.1) is 13.8 Å². The molecule has 0 radical (unpaired) electrons. The minimum Gasteiger partial charge on any atom is -0.397 e. The molecule has 0 unspecified atom stereocenters. The van der Waals surface area contributed by atoms with E-state index >= 15 is 0 Å². The molecule has 16 heavy (non-hydrogen) atoms. The number of nitrogens with zero attached hydrogens (tertiary/aromatic N) is 1. The number of aryl methyl sites for hydroxylation is 2. The smallest absolute Gasteiger partial charge is 0.0980 e. The lowest BCUT2D eigenvalue weighted by atomic mass is 10.1. The summed E-state index contributed by atoms with van der Waals surface area (Å²) in [6, 6.07) is 8.15. The highest BCUT2D eigenvalue weighted by Gasteiger charge is 2.12. The molecule has 1 aromatic carbocycles. The van der Waals surface area contributed by atoms with Crippen molar-refractivity contribution in [3.8, 4) is 0 Å². The van der Waals surface area contributed by atoms with Crippen LogP contribution in [0.15, 0.2) is 29.6 Å². The highest BCUT2D eigenvalue weighted by molar-refractivity contribution is 7.14. The lowest BCUT2D eigenvalue weighted by Gasteiger charge is -2.22. The Balaban J connectivity index is 2.49. The quantitative estimate of drug-likeness (QED) is 0.800. The van der Waals surface area contributed by atoms with Gasteiger partial charge in [-0.1, -0.05) is 12.1 Å². The summed E-state index contributed by atoms with van der Waals surface area (Å²) in [4.78, 5) is 2.17. The zero-order chi connectivity index (χ0) is 11.7. The minimum atomic E-state index is 0.829. The Morgan fingerprint density at radius 3 is 2.44 bits per heavy atom. The maximum Gasteiger partial charge on any atom is 0.0980 e. The number of hydrogen-bond acceptors (Lipinski definition) is 3. The zero-order valence-electron chi connectivity index (χ0n) is 9.82. The fourth-order valence-electron chi connectivity index (χ4n) is 1.95. The molecule has 2 N–H and O–H groups in total. The number of thiophene rings is 1. The summed E-state index contributed by atoms with van der Waals surface area (Å²) in [5, 5.41) is 3.36. The third-order valence-electron chi connectivity index (χ3n) is 2.74. The molecule has 0 aliphatic heterocycles. The van der Waals surface area contributed by atoms with Crippen LogP contribution in [-0.4, -0.2) is 7.05 Å². The Morgan fingerprint density at radius 2 is 1.88 bits per heavy atom. The van der Waals surface area contributed by atoms with Gasteiger partial charge in [0, 0.05) is 7.05 Å². The molecule has 2 nitrogen and oxygen atoms in total. The normalized spacial score (nSPS) is 10.4. The highest BCUT2D eigenvalue weighted by Crippen LogP contribution is 2.36. The molecular weight excluding hydrogens is 216 g/mol. The van der Waals surface area contributed by atoms with Gasteiger partial charge in [-0.25, -0.2) is 0 Å². The maximum absolute atomic E-state index is 6.04. The van der Waals surface area contributed by atoms with Crippen LogP contribution in [0.5, 0.6) is 0 Å². The van der Waals surface area contributed by atoms with Crippen molar-refractivity contribution >= 4 is 27.7 Å². The van der Waals surface area contributed by atoms with Crippen LogP contribution in [0.4, 0.5) is 16.4 Å². The molecule has 0 spiro atoms. The van der Waals surface area contributed by atoms with E-state index in [2.05, 4.69) is 43.3 Å². The van der Waals surface area contributed by atoms with E-state index < -0.39 is 0 Å². The van der Waals surface area contributed by atoms with Gasteiger partial charge in [-0.05, 0) is 42.5 Å². The monoisotopic (exact) mass is 232 g/mol. The van der Waals surface area contributed by atoms with Crippen LogP contribution < -0.4 is 10.6 Å². The van der Waals surface area contributed by atoms with Crippen LogP contribution >= 0.6 is 11.3 Å². The van der Waals surface area contributed by atoms with Gasteiger partial charge in [0.05, 0.1) is 16.4 Å². The van der Waals surface area contributed by atoms with E-state index in [9.17, 15) is 0 Å². The topological polar surface area (TPSA) is 29.3 Å². The van der Waals surface area contributed by atoms with Gasteiger partial charge in [-0.15, -0.1) is 11.3 Å². The van der Waals surface area contributed by atoms with Gasteiger partial charge in [0.15, 0.2) is 0 Å². The van der Waals surface area contributed by atoms with Gasteiger partial charge >= 0.3 is 0 Å². The predicted molar refractivity (Wildman–Crippen MR) is 72.7 cm³/mol. The number of para-hydroxylation sites is 1. The second-order valence-corrected chi connectivity index (χ2v) is 4.88. The molecule has 84 valence electrons. The Kier molecular flexibility index (Phi) is 2.88. The molecule has 0 atom stereocenters. The molecule has 0 fully saturated rings. The van der Waals surface area contributed by atoms with Crippen LogP contribution in [-0.2, 0) is 0 Å². The predicted octanol–water partition coefficient (Wildman–Crippen LogP) is 3.72. The van der Waals surface area contributed by atoms with Crippen LogP contribution in [0.3, 0.4) is 0 Å². The van der Waals surface area contributed by atoms with E-state index in [0.717, 1.165) is 11.4 Å². The third kappa shape index (κ3) is 1.78. The van der Waals surface area contributed by atoms with Crippen molar-refractivity contribution in [1.82, 2.24) is 0 Å². The van der Waals surface area contributed by atoms with Gasteiger partial charge in [0.1, 0.15) is 0 Å². The number of benzene rings is 1. The second kappa shape index (κ2) is 4.18. The van der Waals surface area contributed by atoms with Crippen molar-refractivity contribution in [3.63, 3.8) is 0 Å². The lowest BCUT2D eigenvalue weighted by Crippen LogP contribution is -2.12. The molecule has 0 amide bonds. The summed E-state index contributed by atoms with van der Waals surface area (Å²) in [5.41, 5.74) is 10.5. The lowest BCUT2D eigenvalue weighted by molar-refractivity contribution is 1.20. The van der Waals surface area contributed by atoms with Crippen LogP contribution in [0.2, 0.25) is 0 Å². The molecule has 1 heterocycles. The first kappa shape index (κ1) is 11.0. The number of hydrogen-bond donors (Lipinski definition) is 1. The summed E-state index contributed by atoms with van der Waals surface area (Å²) in [5.74, 6) is 0. The first-order chi connectivity index (χ1) is 7.61. The first-order valence-corrected chi connectivity index (χ1v) is 6.12. The molecule has 0 aliphatic carbocycles. The summed E-state index contributed by atoms with van der Waals surface area (Å²) in [6.45, 7) is 4.21. The SMILES string of the molecule is Cc1ccsc1N(C)c1c(C)cccc1N. The van der Waals surface area contributed by atoms with E-state index in [1.165, 1.54) is 16.1 Å². The number of rotatable bonds is 2. The molecule has 0 saturated heterocycles. The summed E-state index contributed by atoms with van der Waals surface area (Å²) in [7, 11) is 2.07. The van der Waals surface area contributed by atoms with E-state index in [0.29, 0.717) is 0 Å². The number of nitrogen functional groups attached to an aromatic ring is 1. The van der Waals surface area contributed by atoms with Crippen molar-refractivity contribution in [2.24, 2.45) is 0 Å². The van der Waals surface area contributed by atoms with Crippen LogP contribution in [0.25, 0.3) is 0 Å². The van der Waals surface area contributed by atoms with Gasteiger partial charge in [0.25, 0.3) is 0 Å². The highest BCUT2D eigenvalue weighted by atomic mass is 32.1. The summed E-state index contributed by atoms with van der Waals surface area (Å²) in [6.07, 6.45) is 0. The molecule has 2 aromatic rings. The Labute approximate surface area is 100 Å². The summed E-state index contributed by atoms with van der Waals surface area (Å²) >= 11 is 1.74. The second-order valence-electron chi connectivity index (χ2n) is 3.98. The van der Waals surface area contributed by atoms with Crippen molar-refractivity contribution < 1.29 is 0 Å². The van der Waals surface area contributed by atoms with Crippen molar-refractivity contribution in [2.45, 2.75) is 13.8 Å². The first-order valence-electron chi connectivity index (χ1n) is 5.24. The van der Waals surface area contributed by atoms with E-state index in [4.69, 9.17) is 5.73 Å². The van der Waals surface area contributed by atoms with Gasteiger partial charge in [0.2, 0.25) is 0 Å². The van der Waals surface area contributed by atoms with Crippen molar-refractivity contribution in [1.29, 1.82) is 0 Å². The third-order valence-corrected chi connectivity index (χ3v) is 3.84. The fourth-order valence-corrected chi connectivity index (χ4v) is 2.85. The maximum atomic E-state index is 6.04. The van der Waals surface area contributed by atoms with Crippen LogP contribution in [0.1, 0.15) is 11.1 Å². The molecule has 2 rings (SSSR count). The van der Waals surface area contributed by atoms with E-state index in [1.807, 2.05) is 12.1 Å². The Bertz CT molecular complexity index is 482. The average molecular weight is 232 g/mol. The number of anilines is 3. The van der Waals surface area contributed by atoms with Gasteiger partial charge in [-0.3, -0.25) is 0 Å². The van der Waals surface area contributed by atoms with E-state index in [1.54, 1.807) is 11.3 Å². The fraction of sp³-hybridized carbons (Fsp3) is 0.231. The molecular formula is C13H16N2S. The van der Waals surface area contributed by atoms with E-state index in [-0.39, 0.29) is 0 Å². The van der Waals surface area contributed by atoms with Crippen molar-refractivity contribution in [3.05, 3.63) is 40.8 Å². The number of nitrogens with two attached hydrogens (primary N) is 1. The molecule has 0 saturated carbocycles. The molecule has 1 aromatic heterocycles. The largest absolute Gasteiger partial charge is 0.397 e. The summed E-state index contributed by atoms with van der Waals surface area (Å²) < 4.78 is 0. The molecule has 3 heteroatoms. The minimum absolute atomic E-state index is 0.829. The van der Waals surface area contributed by atoms with Crippen molar-refractivity contribution in [2.75, 3.05) is 17.7 Å². The Morgan fingerprint density at radius 1 is 1.12 bits per heavy atom. The standard InChI is InChI=1S/C13H16N2S/c1-9-5-4-6-11(14)12(9)15(3)13-10(2)7-8-16-13/h4-8H,14H2,1-3H3. The Hall–Kier alpha value is -1.48. The zero-order valence-corrected chi connectivity index (χ0v) is 10.6. The van der Waals surface area contributed by atoms with Gasteiger partial charge < -0.3 is 10.6 Å². The molecule has 0 aliphatic rings. The average Bonchev–Trinajstić information content (AvgIpc) is 2.64. The van der Waals surface area contributed by atoms with Gasteiger partial charge in [-0.2, -0.15) is 0 Å².